The van der Waals surface area contributed by atoms with Crippen LogP contribution in [0.4, 0.5) is 0 Å². The van der Waals surface area contributed by atoms with Crippen LogP contribution < -0.4 is 10.1 Å². The van der Waals surface area contributed by atoms with Gasteiger partial charge in [-0.1, -0.05) is 48.9 Å². The molecule has 0 saturated heterocycles. The Morgan fingerprint density at radius 3 is 2.26 bits per heavy atom. The van der Waals surface area contributed by atoms with Gasteiger partial charge in [-0.25, -0.2) is 0 Å². The van der Waals surface area contributed by atoms with E-state index < -0.39 is 0 Å². The fourth-order valence-electron chi connectivity index (χ4n) is 3.25. The maximum atomic E-state index is 12.9. The molecule has 23 heavy (non-hydrogen) atoms. The number of rotatable bonds is 5. The van der Waals surface area contributed by atoms with Crippen LogP contribution in [0, 0.1) is 0 Å². The predicted molar refractivity (Wildman–Crippen MR) is 91.5 cm³/mol. The summed E-state index contributed by atoms with van der Waals surface area (Å²) in [5.74, 6) is 0.963. The summed E-state index contributed by atoms with van der Waals surface area (Å²) in [5, 5.41) is 3.20. The number of amides is 1. The van der Waals surface area contributed by atoms with Crippen LogP contribution in [-0.4, -0.2) is 13.0 Å². The SMILES string of the molecule is COc1ccc(C(C)NC(=O)C2(c3ccccc3)CCC2)cc1. The Labute approximate surface area is 137 Å². The Morgan fingerprint density at radius 1 is 1.09 bits per heavy atom. The lowest BCUT2D eigenvalue weighted by molar-refractivity contribution is -0.130. The van der Waals surface area contributed by atoms with E-state index in [1.165, 1.54) is 0 Å². The molecule has 2 aromatic rings. The van der Waals surface area contributed by atoms with Crippen LogP contribution in [0.3, 0.4) is 0 Å². The first-order valence-electron chi connectivity index (χ1n) is 8.16. The van der Waals surface area contributed by atoms with Crippen molar-refractivity contribution in [2.24, 2.45) is 0 Å². The van der Waals surface area contributed by atoms with Gasteiger partial charge in [0.05, 0.1) is 18.6 Å². The van der Waals surface area contributed by atoms with Gasteiger partial charge in [-0.3, -0.25) is 4.79 Å². The number of benzene rings is 2. The summed E-state index contributed by atoms with van der Waals surface area (Å²) in [5.41, 5.74) is 1.87. The van der Waals surface area contributed by atoms with Gasteiger partial charge in [0, 0.05) is 0 Å². The van der Waals surface area contributed by atoms with E-state index in [0.717, 1.165) is 36.1 Å². The highest BCUT2D eigenvalue weighted by Crippen LogP contribution is 2.44. The molecule has 1 amide bonds. The summed E-state index contributed by atoms with van der Waals surface area (Å²) in [6.45, 7) is 2.02. The van der Waals surface area contributed by atoms with Crippen molar-refractivity contribution >= 4 is 5.91 Å². The molecule has 0 bridgehead atoms. The molecule has 0 radical (unpaired) electrons. The number of carbonyl (C=O) groups is 1. The number of hydrogen-bond donors (Lipinski definition) is 1. The van der Waals surface area contributed by atoms with Gasteiger partial charge < -0.3 is 10.1 Å². The molecule has 2 aromatic carbocycles. The number of nitrogens with one attached hydrogen (secondary N) is 1. The van der Waals surface area contributed by atoms with E-state index in [0.29, 0.717) is 0 Å². The fraction of sp³-hybridized carbons (Fsp3) is 0.350. The highest BCUT2D eigenvalue weighted by Gasteiger charge is 2.45. The van der Waals surface area contributed by atoms with Crippen molar-refractivity contribution in [3.05, 3.63) is 65.7 Å². The Balaban J connectivity index is 1.74. The van der Waals surface area contributed by atoms with E-state index in [1.54, 1.807) is 7.11 Å². The Kier molecular flexibility index (Phi) is 4.37. The summed E-state index contributed by atoms with van der Waals surface area (Å²) in [4.78, 5) is 12.9. The second-order valence-corrected chi connectivity index (χ2v) is 6.27. The van der Waals surface area contributed by atoms with Crippen molar-refractivity contribution in [2.45, 2.75) is 37.6 Å². The van der Waals surface area contributed by atoms with Crippen molar-refractivity contribution in [1.82, 2.24) is 5.32 Å². The topological polar surface area (TPSA) is 38.3 Å². The number of ether oxygens (including phenoxy) is 1. The molecule has 1 N–H and O–H groups in total. The van der Waals surface area contributed by atoms with Gasteiger partial charge in [-0.05, 0) is 43.0 Å². The van der Waals surface area contributed by atoms with Crippen molar-refractivity contribution in [3.63, 3.8) is 0 Å². The lowest BCUT2D eigenvalue weighted by atomic mass is 9.63. The van der Waals surface area contributed by atoms with E-state index >= 15 is 0 Å². The smallest absolute Gasteiger partial charge is 0.231 e. The van der Waals surface area contributed by atoms with Gasteiger partial charge in [0.25, 0.3) is 0 Å². The third kappa shape index (κ3) is 2.96. The lowest BCUT2D eigenvalue weighted by Gasteiger charge is -2.41. The predicted octanol–water partition coefficient (Wildman–Crippen LogP) is 3.99. The van der Waals surface area contributed by atoms with Crippen LogP contribution in [0.5, 0.6) is 5.75 Å². The van der Waals surface area contributed by atoms with E-state index in [9.17, 15) is 4.79 Å². The maximum absolute atomic E-state index is 12.9. The molecule has 0 aromatic heterocycles. The molecule has 1 unspecified atom stereocenters. The molecule has 1 atom stereocenters. The monoisotopic (exact) mass is 309 g/mol. The van der Waals surface area contributed by atoms with Crippen molar-refractivity contribution in [3.8, 4) is 5.75 Å². The fourth-order valence-corrected chi connectivity index (χ4v) is 3.25. The molecule has 120 valence electrons. The van der Waals surface area contributed by atoms with Gasteiger partial charge in [0.1, 0.15) is 5.75 Å². The molecule has 0 aliphatic heterocycles. The molecular formula is C20H23NO2. The van der Waals surface area contributed by atoms with Crippen LogP contribution in [0.2, 0.25) is 0 Å². The van der Waals surface area contributed by atoms with E-state index in [2.05, 4.69) is 17.4 Å². The maximum Gasteiger partial charge on any atom is 0.231 e. The largest absolute Gasteiger partial charge is 0.497 e. The summed E-state index contributed by atoms with van der Waals surface area (Å²) in [7, 11) is 1.65. The third-order valence-corrected chi connectivity index (χ3v) is 4.93. The average Bonchev–Trinajstić information content (AvgIpc) is 2.55. The second-order valence-electron chi connectivity index (χ2n) is 6.27. The van der Waals surface area contributed by atoms with Gasteiger partial charge in [-0.2, -0.15) is 0 Å². The van der Waals surface area contributed by atoms with Gasteiger partial charge in [0.2, 0.25) is 5.91 Å². The van der Waals surface area contributed by atoms with Crippen molar-refractivity contribution < 1.29 is 9.53 Å². The summed E-state index contributed by atoms with van der Waals surface area (Å²) >= 11 is 0. The van der Waals surface area contributed by atoms with Crippen LogP contribution >= 0.6 is 0 Å². The first-order valence-corrected chi connectivity index (χ1v) is 8.16. The molecule has 0 heterocycles. The van der Waals surface area contributed by atoms with Gasteiger partial charge >= 0.3 is 0 Å². The van der Waals surface area contributed by atoms with E-state index in [-0.39, 0.29) is 17.4 Å². The van der Waals surface area contributed by atoms with Crippen molar-refractivity contribution in [1.29, 1.82) is 0 Å². The highest BCUT2D eigenvalue weighted by molar-refractivity contribution is 5.89. The zero-order chi connectivity index (χ0) is 16.3. The quantitative estimate of drug-likeness (QED) is 0.907. The molecular weight excluding hydrogens is 286 g/mol. The normalized spacial score (nSPS) is 17.0. The molecule has 3 nitrogen and oxygen atoms in total. The van der Waals surface area contributed by atoms with Crippen LogP contribution in [0.15, 0.2) is 54.6 Å². The number of methoxy groups -OCH3 is 1. The minimum absolute atomic E-state index is 0.0189. The first kappa shape index (κ1) is 15.6. The van der Waals surface area contributed by atoms with Crippen molar-refractivity contribution in [2.75, 3.05) is 7.11 Å². The van der Waals surface area contributed by atoms with Crippen LogP contribution in [0.25, 0.3) is 0 Å². The van der Waals surface area contributed by atoms with Crippen LogP contribution in [-0.2, 0) is 10.2 Å². The zero-order valence-electron chi connectivity index (χ0n) is 13.7. The Bertz CT molecular complexity index is 660. The first-order chi connectivity index (χ1) is 11.2. The third-order valence-electron chi connectivity index (χ3n) is 4.93. The molecule has 1 aliphatic carbocycles. The minimum Gasteiger partial charge on any atom is -0.497 e. The second kappa shape index (κ2) is 6.45. The molecule has 1 aliphatic rings. The molecule has 1 fully saturated rings. The van der Waals surface area contributed by atoms with Gasteiger partial charge in [0.15, 0.2) is 0 Å². The minimum atomic E-state index is -0.345. The molecule has 3 rings (SSSR count). The number of hydrogen-bond acceptors (Lipinski definition) is 2. The molecule has 3 heteroatoms. The summed E-state index contributed by atoms with van der Waals surface area (Å²) in [6.07, 6.45) is 2.97. The van der Waals surface area contributed by atoms with E-state index in [1.807, 2.05) is 49.4 Å². The van der Waals surface area contributed by atoms with Crippen LogP contribution in [0.1, 0.15) is 43.4 Å². The Hall–Kier alpha value is -2.29. The molecule has 0 spiro atoms. The average molecular weight is 309 g/mol. The molecule has 1 saturated carbocycles. The zero-order valence-corrected chi connectivity index (χ0v) is 13.7. The highest BCUT2D eigenvalue weighted by atomic mass is 16.5. The summed E-state index contributed by atoms with van der Waals surface area (Å²) in [6, 6.07) is 18.0. The number of carbonyl (C=O) groups excluding carboxylic acids is 1. The van der Waals surface area contributed by atoms with E-state index in [4.69, 9.17) is 4.74 Å². The lowest BCUT2D eigenvalue weighted by Crippen LogP contribution is -2.49. The summed E-state index contributed by atoms with van der Waals surface area (Å²) < 4.78 is 5.18. The Morgan fingerprint density at radius 2 is 1.74 bits per heavy atom. The van der Waals surface area contributed by atoms with Gasteiger partial charge in [-0.15, -0.1) is 0 Å². The standard InChI is InChI=1S/C20H23NO2/c1-15(16-9-11-18(23-2)12-10-16)21-19(22)20(13-6-14-20)17-7-4-3-5-8-17/h3-5,7-12,15H,6,13-14H2,1-2H3,(H,21,22).